The zero-order valence-corrected chi connectivity index (χ0v) is 11.8. The van der Waals surface area contributed by atoms with Crippen LogP contribution in [0, 0.1) is 13.8 Å². The summed E-state index contributed by atoms with van der Waals surface area (Å²) >= 11 is 0. The standard InChI is InChI=1S/C17H16N2O/c1-11-5-4-6-14(18-11)15-9-7-13-8-10-16(20-3)12(2)17(13)19-15/h4-10H,1-3H3. The molecule has 0 amide bonds. The van der Waals surface area contributed by atoms with Crippen LogP contribution in [0.25, 0.3) is 22.3 Å². The molecule has 0 fully saturated rings. The first-order chi connectivity index (χ1) is 9.69. The summed E-state index contributed by atoms with van der Waals surface area (Å²) in [6.45, 7) is 4.01. The maximum Gasteiger partial charge on any atom is 0.123 e. The largest absolute Gasteiger partial charge is 0.496 e. The summed E-state index contributed by atoms with van der Waals surface area (Å²) in [6, 6.07) is 14.1. The van der Waals surface area contributed by atoms with E-state index in [2.05, 4.69) is 11.1 Å². The van der Waals surface area contributed by atoms with Crippen molar-refractivity contribution >= 4 is 10.9 Å². The lowest BCUT2D eigenvalue weighted by molar-refractivity contribution is 0.412. The highest BCUT2D eigenvalue weighted by atomic mass is 16.5. The normalized spacial score (nSPS) is 10.8. The Morgan fingerprint density at radius 3 is 2.35 bits per heavy atom. The first kappa shape index (κ1) is 12.6. The van der Waals surface area contributed by atoms with Gasteiger partial charge in [0.1, 0.15) is 5.75 Å². The van der Waals surface area contributed by atoms with E-state index in [0.717, 1.165) is 39.3 Å². The molecule has 0 aliphatic carbocycles. The average molecular weight is 264 g/mol. The average Bonchev–Trinajstić information content (AvgIpc) is 2.47. The number of aromatic nitrogens is 2. The van der Waals surface area contributed by atoms with Gasteiger partial charge in [-0.25, -0.2) is 4.98 Å². The molecule has 100 valence electrons. The van der Waals surface area contributed by atoms with Gasteiger partial charge < -0.3 is 4.74 Å². The fourth-order valence-corrected chi connectivity index (χ4v) is 2.36. The van der Waals surface area contributed by atoms with Gasteiger partial charge >= 0.3 is 0 Å². The third kappa shape index (κ3) is 2.11. The SMILES string of the molecule is COc1ccc2ccc(-c3cccc(C)n3)nc2c1C. The molecule has 2 heterocycles. The molecule has 3 aromatic rings. The third-order valence-corrected chi connectivity index (χ3v) is 3.44. The molecule has 0 bridgehead atoms. The molecule has 0 aliphatic heterocycles. The lowest BCUT2D eigenvalue weighted by atomic mass is 10.1. The summed E-state index contributed by atoms with van der Waals surface area (Å²) in [4.78, 5) is 9.28. The molecular weight excluding hydrogens is 248 g/mol. The topological polar surface area (TPSA) is 35.0 Å². The predicted molar refractivity (Wildman–Crippen MR) is 81.0 cm³/mol. The van der Waals surface area contributed by atoms with Crippen molar-refractivity contribution in [2.45, 2.75) is 13.8 Å². The van der Waals surface area contributed by atoms with Crippen molar-refractivity contribution < 1.29 is 4.74 Å². The summed E-state index contributed by atoms with van der Waals surface area (Å²) in [5, 5.41) is 1.11. The molecule has 3 nitrogen and oxygen atoms in total. The van der Waals surface area contributed by atoms with Crippen LogP contribution in [0.15, 0.2) is 42.5 Å². The quantitative estimate of drug-likeness (QED) is 0.703. The Morgan fingerprint density at radius 1 is 0.850 bits per heavy atom. The lowest BCUT2D eigenvalue weighted by Gasteiger charge is -2.09. The van der Waals surface area contributed by atoms with E-state index in [1.165, 1.54) is 0 Å². The lowest BCUT2D eigenvalue weighted by Crippen LogP contribution is -1.93. The van der Waals surface area contributed by atoms with Crippen LogP contribution in [-0.2, 0) is 0 Å². The summed E-state index contributed by atoms with van der Waals surface area (Å²) in [7, 11) is 1.68. The molecule has 0 unspecified atom stereocenters. The number of fused-ring (bicyclic) bond motifs is 1. The van der Waals surface area contributed by atoms with Crippen LogP contribution in [0.4, 0.5) is 0 Å². The minimum absolute atomic E-state index is 0.861. The monoisotopic (exact) mass is 264 g/mol. The fourth-order valence-electron chi connectivity index (χ4n) is 2.36. The van der Waals surface area contributed by atoms with Crippen molar-refractivity contribution in [3.63, 3.8) is 0 Å². The molecule has 0 saturated carbocycles. The van der Waals surface area contributed by atoms with Gasteiger partial charge in [-0.1, -0.05) is 12.1 Å². The van der Waals surface area contributed by atoms with E-state index in [0.29, 0.717) is 0 Å². The van der Waals surface area contributed by atoms with Crippen LogP contribution in [0.2, 0.25) is 0 Å². The van der Waals surface area contributed by atoms with Gasteiger partial charge in [0.15, 0.2) is 0 Å². The molecule has 0 saturated heterocycles. The number of benzene rings is 1. The second kappa shape index (κ2) is 4.93. The van der Waals surface area contributed by atoms with Crippen molar-refractivity contribution in [3.8, 4) is 17.1 Å². The van der Waals surface area contributed by atoms with E-state index in [9.17, 15) is 0 Å². The number of hydrogen-bond donors (Lipinski definition) is 0. The maximum absolute atomic E-state index is 5.36. The zero-order valence-electron chi connectivity index (χ0n) is 11.8. The van der Waals surface area contributed by atoms with E-state index < -0.39 is 0 Å². The van der Waals surface area contributed by atoms with Gasteiger partial charge in [-0.05, 0) is 44.2 Å². The van der Waals surface area contributed by atoms with E-state index >= 15 is 0 Å². The Labute approximate surface area is 118 Å². The molecule has 0 aliphatic rings. The van der Waals surface area contributed by atoms with Gasteiger partial charge in [-0.2, -0.15) is 0 Å². The number of pyridine rings is 2. The van der Waals surface area contributed by atoms with Gasteiger partial charge in [-0.3, -0.25) is 4.98 Å². The molecule has 1 aromatic carbocycles. The second-order valence-corrected chi connectivity index (χ2v) is 4.83. The number of methoxy groups -OCH3 is 1. The predicted octanol–water partition coefficient (Wildman–Crippen LogP) is 3.92. The number of ether oxygens (including phenoxy) is 1. The zero-order chi connectivity index (χ0) is 14.1. The van der Waals surface area contributed by atoms with E-state index in [4.69, 9.17) is 9.72 Å². The molecule has 3 rings (SSSR count). The summed E-state index contributed by atoms with van der Waals surface area (Å²) in [6.07, 6.45) is 0. The molecule has 0 spiro atoms. The highest BCUT2D eigenvalue weighted by Gasteiger charge is 2.08. The summed E-state index contributed by atoms with van der Waals surface area (Å²) in [5.74, 6) is 0.861. The summed E-state index contributed by atoms with van der Waals surface area (Å²) < 4.78 is 5.36. The van der Waals surface area contributed by atoms with Crippen LogP contribution in [0.3, 0.4) is 0 Å². The first-order valence-corrected chi connectivity index (χ1v) is 6.57. The van der Waals surface area contributed by atoms with Crippen LogP contribution >= 0.6 is 0 Å². The molecule has 0 radical (unpaired) electrons. The number of aryl methyl sites for hydroxylation is 2. The minimum atomic E-state index is 0.861. The molecule has 3 heteroatoms. The molecule has 0 atom stereocenters. The van der Waals surface area contributed by atoms with Crippen molar-refractivity contribution in [1.29, 1.82) is 0 Å². The van der Waals surface area contributed by atoms with E-state index in [1.807, 2.05) is 50.2 Å². The van der Waals surface area contributed by atoms with Gasteiger partial charge in [0.2, 0.25) is 0 Å². The van der Waals surface area contributed by atoms with Gasteiger partial charge in [-0.15, -0.1) is 0 Å². The van der Waals surface area contributed by atoms with Crippen LogP contribution in [-0.4, -0.2) is 17.1 Å². The Bertz CT molecular complexity index is 781. The Balaban J connectivity index is 2.21. The molecule has 2 aromatic heterocycles. The van der Waals surface area contributed by atoms with Crippen molar-refractivity contribution in [2.75, 3.05) is 7.11 Å². The van der Waals surface area contributed by atoms with Crippen LogP contribution in [0.5, 0.6) is 5.75 Å². The van der Waals surface area contributed by atoms with Crippen LogP contribution < -0.4 is 4.74 Å². The van der Waals surface area contributed by atoms with Gasteiger partial charge in [0, 0.05) is 16.6 Å². The first-order valence-electron chi connectivity index (χ1n) is 6.57. The molecular formula is C17H16N2O. The third-order valence-electron chi connectivity index (χ3n) is 3.44. The number of nitrogens with zero attached hydrogens (tertiary/aromatic N) is 2. The number of hydrogen-bond acceptors (Lipinski definition) is 3. The highest BCUT2D eigenvalue weighted by Crippen LogP contribution is 2.27. The van der Waals surface area contributed by atoms with E-state index in [-0.39, 0.29) is 0 Å². The highest BCUT2D eigenvalue weighted by molar-refractivity contribution is 5.85. The van der Waals surface area contributed by atoms with Crippen LogP contribution in [0.1, 0.15) is 11.3 Å². The smallest absolute Gasteiger partial charge is 0.123 e. The van der Waals surface area contributed by atoms with E-state index in [1.54, 1.807) is 7.11 Å². The Hall–Kier alpha value is -2.42. The van der Waals surface area contributed by atoms with Gasteiger partial charge in [0.25, 0.3) is 0 Å². The second-order valence-electron chi connectivity index (χ2n) is 4.83. The van der Waals surface area contributed by atoms with Crippen molar-refractivity contribution in [2.24, 2.45) is 0 Å². The molecule has 0 N–H and O–H groups in total. The number of rotatable bonds is 2. The fraction of sp³-hybridized carbons (Fsp3) is 0.176. The summed E-state index contributed by atoms with van der Waals surface area (Å²) in [5.41, 5.74) is 4.79. The maximum atomic E-state index is 5.36. The van der Waals surface area contributed by atoms with Crippen molar-refractivity contribution in [1.82, 2.24) is 9.97 Å². The molecule has 20 heavy (non-hydrogen) atoms. The Kier molecular flexibility index (Phi) is 3.11. The Morgan fingerprint density at radius 2 is 1.60 bits per heavy atom. The van der Waals surface area contributed by atoms with Gasteiger partial charge in [0.05, 0.1) is 24.0 Å². The van der Waals surface area contributed by atoms with Crippen molar-refractivity contribution in [3.05, 3.63) is 53.7 Å². The minimum Gasteiger partial charge on any atom is -0.496 e.